The number of anilines is 4. The fourth-order valence-corrected chi connectivity index (χ4v) is 2.70. The van der Waals surface area contributed by atoms with Gasteiger partial charge in [0.05, 0.1) is 17.4 Å². The maximum absolute atomic E-state index is 12.5. The topological polar surface area (TPSA) is 57.3 Å². The lowest BCUT2D eigenvalue weighted by molar-refractivity contribution is 0.102. The first kappa shape index (κ1) is 18.7. The molecule has 0 aliphatic rings. The molecular formula is C21H21ClN4O. The second kappa shape index (κ2) is 8.10. The lowest BCUT2D eigenvalue weighted by Crippen LogP contribution is -2.12. The summed E-state index contributed by atoms with van der Waals surface area (Å²) in [7, 11) is 3.99. The second-order valence-corrected chi connectivity index (χ2v) is 6.85. The molecule has 138 valence electrons. The Bertz CT molecular complexity index is 955. The molecule has 0 saturated carbocycles. The first-order valence-electron chi connectivity index (χ1n) is 8.49. The molecule has 1 amide bonds. The van der Waals surface area contributed by atoms with Gasteiger partial charge in [0.15, 0.2) is 0 Å². The van der Waals surface area contributed by atoms with E-state index < -0.39 is 0 Å². The molecule has 0 radical (unpaired) electrons. The average Bonchev–Trinajstić information content (AvgIpc) is 2.65. The molecule has 2 N–H and O–H groups in total. The maximum Gasteiger partial charge on any atom is 0.257 e. The number of benzene rings is 2. The molecule has 6 heteroatoms. The van der Waals surface area contributed by atoms with E-state index in [-0.39, 0.29) is 5.91 Å². The van der Waals surface area contributed by atoms with Crippen molar-refractivity contribution in [2.45, 2.75) is 6.92 Å². The van der Waals surface area contributed by atoms with Gasteiger partial charge in [-0.3, -0.25) is 9.78 Å². The third-order valence-electron chi connectivity index (χ3n) is 4.10. The summed E-state index contributed by atoms with van der Waals surface area (Å²) in [6.45, 7) is 1.91. The molecule has 3 rings (SSSR count). The van der Waals surface area contributed by atoms with Crippen molar-refractivity contribution in [2.75, 3.05) is 29.6 Å². The molecule has 5 nitrogen and oxygen atoms in total. The zero-order chi connectivity index (χ0) is 19.4. The van der Waals surface area contributed by atoms with Gasteiger partial charge in [0.1, 0.15) is 0 Å². The van der Waals surface area contributed by atoms with Crippen molar-refractivity contribution in [1.82, 2.24) is 4.98 Å². The number of halogens is 1. The van der Waals surface area contributed by atoms with E-state index in [1.54, 1.807) is 18.3 Å². The first-order valence-corrected chi connectivity index (χ1v) is 8.87. The summed E-state index contributed by atoms with van der Waals surface area (Å²) in [5.74, 6) is -0.242. The Morgan fingerprint density at radius 1 is 0.963 bits per heavy atom. The molecule has 3 aromatic rings. The standard InChI is InChI=1S/C21H21ClN4O/c1-14-4-5-17(11-20(14)22)25-21(27)15-10-18(13-23-12-15)24-16-6-8-19(9-7-16)26(2)3/h4-13,24H,1-3H3,(H,25,27). The van der Waals surface area contributed by atoms with Crippen LogP contribution in [0.15, 0.2) is 60.9 Å². The molecule has 0 saturated heterocycles. The van der Waals surface area contributed by atoms with E-state index in [0.29, 0.717) is 16.3 Å². The monoisotopic (exact) mass is 380 g/mol. The van der Waals surface area contributed by atoms with Crippen LogP contribution >= 0.6 is 11.6 Å². The van der Waals surface area contributed by atoms with Crippen LogP contribution in [0.2, 0.25) is 5.02 Å². The van der Waals surface area contributed by atoms with Crippen molar-refractivity contribution in [3.05, 3.63) is 77.1 Å². The normalized spacial score (nSPS) is 10.4. The van der Waals surface area contributed by atoms with Crippen molar-refractivity contribution >= 4 is 40.3 Å². The molecule has 1 heterocycles. The molecule has 0 bridgehead atoms. The van der Waals surface area contributed by atoms with Crippen molar-refractivity contribution in [3.8, 4) is 0 Å². The Morgan fingerprint density at radius 2 is 1.67 bits per heavy atom. The van der Waals surface area contributed by atoms with Gasteiger partial charge in [-0.2, -0.15) is 0 Å². The lowest BCUT2D eigenvalue weighted by atomic mass is 10.2. The Labute approximate surface area is 164 Å². The number of carbonyl (C=O) groups is 1. The molecule has 0 aliphatic carbocycles. The van der Waals surface area contributed by atoms with Crippen molar-refractivity contribution in [2.24, 2.45) is 0 Å². The van der Waals surface area contributed by atoms with E-state index in [4.69, 9.17) is 11.6 Å². The van der Waals surface area contributed by atoms with Crippen LogP contribution in [0.5, 0.6) is 0 Å². The summed E-state index contributed by atoms with van der Waals surface area (Å²) in [5, 5.41) is 6.72. The van der Waals surface area contributed by atoms with Gasteiger partial charge in [-0.1, -0.05) is 17.7 Å². The molecule has 2 aromatic carbocycles. The summed E-state index contributed by atoms with van der Waals surface area (Å²) >= 11 is 6.11. The van der Waals surface area contributed by atoms with Crippen LogP contribution in [0, 0.1) is 6.92 Å². The highest BCUT2D eigenvalue weighted by Crippen LogP contribution is 2.22. The van der Waals surface area contributed by atoms with E-state index in [1.165, 1.54) is 6.20 Å². The van der Waals surface area contributed by atoms with Crippen LogP contribution < -0.4 is 15.5 Å². The van der Waals surface area contributed by atoms with Gasteiger partial charge in [-0.25, -0.2) is 0 Å². The molecular weight excluding hydrogens is 360 g/mol. The summed E-state index contributed by atoms with van der Waals surface area (Å²) in [6.07, 6.45) is 3.21. The first-order chi connectivity index (χ1) is 12.9. The number of nitrogens with zero attached hydrogens (tertiary/aromatic N) is 2. The quantitative estimate of drug-likeness (QED) is 0.646. The highest BCUT2D eigenvalue weighted by molar-refractivity contribution is 6.31. The zero-order valence-electron chi connectivity index (χ0n) is 15.5. The number of pyridine rings is 1. The van der Waals surface area contributed by atoms with Crippen LogP contribution in [0.3, 0.4) is 0 Å². The number of carbonyl (C=O) groups excluding carboxylic acids is 1. The summed E-state index contributed by atoms with van der Waals surface area (Å²) in [6, 6.07) is 15.2. The predicted octanol–water partition coefficient (Wildman–Crippen LogP) is 5.11. The molecule has 1 aromatic heterocycles. The molecule has 0 atom stereocenters. The SMILES string of the molecule is Cc1ccc(NC(=O)c2cncc(Nc3ccc(N(C)C)cc3)c2)cc1Cl. The number of amides is 1. The Morgan fingerprint density at radius 3 is 2.33 bits per heavy atom. The van der Waals surface area contributed by atoms with Crippen LogP contribution in [0.4, 0.5) is 22.7 Å². The van der Waals surface area contributed by atoms with Crippen molar-refractivity contribution < 1.29 is 4.79 Å². The molecule has 0 aliphatic heterocycles. The third-order valence-corrected chi connectivity index (χ3v) is 4.51. The smallest absolute Gasteiger partial charge is 0.257 e. The fourth-order valence-electron chi connectivity index (χ4n) is 2.52. The van der Waals surface area contributed by atoms with E-state index >= 15 is 0 Å². The van der Waals surface area contributed by atoms with Gasteiger partial charge < -0.3 is 15.5 Å². The van der Waals surface area contributed by atoms with Gasteiger partial charge in [0.2, 0.25) is 0 Å². The highest BCUT2D eigenvalue weighted by Gasteiger charge is 2.09. The van der Waals surface area contributed by atoms with E-state index in [0.717, 1.165) is 22.6 Å². The number of aromatic nitrogens is 1. The number of nitrogens with one attached hydrogen (secondary N) is 2. The summed E-state index contributed by atoms with van der Waals surface area (Å²) < 4.78 is 0. The molecule has 0 fully saturated rings. The van der Waals surface area contributed by atoms with Gasteiger partial charge in [0, 0.05) is 42.4 Å². The minimum Gasteiger partial charge on any atom is -0.378 e. The Kier molecular flexibility index (Phi) is 5.62. The molecule has 0 unspecified atom stereocenters. The minimum atomic E-state index is -0.242. The lowest BCUT2D eigenvalue weighted by Gasteiger charge is -2.13. The highest BCUT2D eigenvalue weighted by atomic mass is 35.5. The fraction of sp³-hybridized carbons (Fsp3) is 0.143. The number of hydrogen-bond donors (Lipinski definition) is 2. The van der Waals surface area contributed by atoms with Gasteiger partial charge in [-0.05, 0) is 55.0 Å². The zero-order valence-corrected chi connectivity index (χ0v) is 16.2. The van der Waals surface area contributed by atoms with Crippen molar-refractivity contribution in [3.63, 3.8) is 0 Å². The van der Waals surface area contributed by atoms with E-state index in [2.05, 4.69) is 15.6 Å². The predicted molar refractivity (Wildman–Crippen MR) is 112 cm³/mol. The number of aryl methyl sites for hydroxylation is 1. The average molecular weight is 381 g/mol. The maximum atomic E-state index is 12.5. The van der Waals surface area contributed by atoms with Crippen LogP contribution in [-0.2, 0) is 0 Å². The van der Waals surface area contributed by atoms with Crippen LogP contribution in [-0.4, -0.2) is 25.0 Å². The van der Waals surface area contributed by atoms with Crippen LogP contribution in [0.1, 0.15) is 15.9 Å². The number of hydrogen-bond acceptors (Lipinski definition) is 4. The van der Waals surface area contributed by atoms with E-state index in [1.807, 2.05) is 62.3 Å². The van der Waals surface area contributed by atoms with Gasteiger partial charge >= 0.3 is 0 Å². The van der Waals surface area contributed by atoms with Gasteiger partial charge in [0.25, 0.3) is 5.91 Å². The summed E-state index contributed by atoms with van der Waals surface area (Å²) in [5.41, 5.74) is 4.84. The number of rotatable bonds is 5. The summed E-state index contributed by atoms with van der Waals surface area (Å²) in [4.78, 5) is 18.7. The Hall–Kier alpha value is -3.05. The van der Waals surface area contributed by atoms with Crippen molar-refractivity contribution in [1.29, 1.82) is 0 Å². The second-order valence-electron chi connectivity index (χ2n) is 6.45. The molecule has 0 spiro atoms. The van der Waals surface area contributed by atoms with E-state index in [9.17, 15) is 4.79 Å². The molecule has 27 heavy (non-hydrogen) atoms. The third kappa shape index (κ3) is 4.77. The van der Waals surface area contributed by atoms with Gasteiger partial charge in [-0.15, -0.1) is 0 Å². The minimum absolute atomic E-state index is 0.242. The van der Waals surface area contributed by atoms with Crippen LogP contribution in [0.25, 0.3) is 0 Å². The Balaban J connectivity index is 1.72. The largest absolute Gasteiger partial charge is 0.378 e.